The normalized spacial score (nSPS) is 16.5. The number of sulfonamides is 1. The molecule has 1 aromatic carbocycles. The molecular weight excluding hydrogens is 352 g/mol. The third-order valence-electron chi connectivity index (χ3n) is 3.66. The van der Waals surface area contributed by atoms with Crippen molar-refractivity contribution < 1.29 is 17.9 Å². The fraction of sp³-hybridized carbons (Fsp3) is 0.438. The number of rotatable bonds is 5. The van der Waals surface area contributed by atoms with Gasteiger partial charge in [0.2, 0.25) is 10.0 Å². The minimum Gasteiger partial charge on any atom is -0.450 e. The largest absolute Gasteiger partial charge is 0.450 e. The molecule has 1 heterocycles. The fourth-order valence-electron chi connectivity index (χ4n) is 2.41. The van der Waals surface area contributed by atoms with Gasteiger partial charge in [-0.05, 0) is 43.5 Å². The second-order valence-corrected chi connectivity index (χ2v) is 7.51. The minimum atomic E-state index is -3.54. The van der Waals surface area contributed by atoms with Crippen LogP contribution in [0.5, 0.6) is 0 Å². The summed E-state index contributed by atoms with van der Waals surface area (Å²) in [6, 6.07) is 6.70. The molecule has 1 aliphatic rings. The molecule has 1 fully saturated rings. The molecule has 0 saturated carbocycles. The van der Waals surface area contributed by atoms with Gasteiger partial charge in [-0.15, -0.1) is 0 Å². The SMILES string of the molecule is CCOC(=O)N1CCC(NS(=O)(=O)/C=C/c2ccc(Cl)cc2)CC1. The van der Waals surface area contributed by atoms with E-state index in [0.29, 0.717) is 37.6 Å². The second-order valence-electron chi connectivity index (χ2n) is 5.48. The van der Waals surface area contributed by atoms with Gasteiger partial charge in [-0.25, -0.2) is 17.9 Å². The average molecular weight is 373 g/mol. The molecule has 1 amide bonds. The van der Waals surface area contributed by atoms with Crippen molar-refractivity contribution in [3.63, 3.8) is 0 Å². The number of piperidine rings is 1. The summed E-state index contributed by atoms with van der Waals surface area (Å²) in [5.41, 5.74) is 0.752. The van der Waals surface area contributed by atoms with Gasteiger partial charge in [0, 0.05) is 29.6 Å². The standard InChI is InChI=1S/C16H21ClN2O4S/c1-2-23-16(20)19-10-7-15(8-11-19)18-24(21,22)12-9-13-3-5-14(17)6-4-13/h3-6,9,12,15,18H,2,7-8,10-11H2,1H3/b12-9+. The van der Waals surface area contributed by atoms with Crippen LogP contribution in [0.2, 0.25) is 5.02 Å². The molecule has 2 rings (SSSR count). The van der Waals surface area contributed by atoms with Crippen LogP contribution in [0.3, 0.4) is 0 Å². The van der Waals surface area contributed by atoms with E-state index in [1.54, 1.807) is 36.1 Å². The van der Waals surface area contributed by atoms with Crippen LogP contribution in [0.15, 0.2) is 29.7 Å². The highest BCUT2D eigenvalue weighted by atomic mass is 35.5. The lowest BCUT2D eigenvalue weighted by Gasteiger charge is -2.31. The van der Waals surface area contributed by atoms with E-state index in [-0.39, 0.29) is 12.1 Å². The molecule has 1 aliphatic heterocycles. The lowest BCUT2D eigenvalue weighted by Crippen LogP contribution is -2.46. The topological polar surface area (TPSA) is 75.7 Å². The Balaban J connectivity index is 1.86. The third kappa shape index (κ3) is 5.81. The highest BCUT2D eigenvalue weighted by Gasteiger charge is 2.25. The van der Waals surface area contributed by atoms with Gasteiger partial charge in [-0.1, -0.05) is 23.7 Å². The Kier molecular flexibility index (Phi) is 6.65. The number of amides is 1. The summed E-state index contributed by atoms with van der Waals surface area (Å²) in [7, 11) is -3.54. The van der Waals surface area contributed by atoms with E-state index in [1.807, 2.05) is 0 Å². The van der Waals surface area contributed by atoms with Crippen LogP contribution >= 0.6 is 11.6 Å². The summed E-state index contributed by atoms with van der Waals surface area (Å²) < 4.78 is 31.8. The molecule has 0 radical (unpaired) electrons. The monoisotopic (exact) mass is 372 g/mol. The number of nitrogens with one attached hydrogen (secondary N) is 1. The first-order chi connectivity index (χ1) is 11.4. The Labute approximate surface area is 147 Å². The van der Waals surface area contributed by atoms with E-state index < -0.39 is 10.0 Å². The van der Waals surface area contributed by atoms with Gasteiger partial charge < -0.3 is 9.64 Å². The number of likely N-dealkylation sites (tertiary alicyclic amines) is 1. The maximum absolute atomic E-state index is 12.1. The quantitative estimate of drug-likeness (QED) is 0.862. The van der Waals surface area contributed by atoms with Crippen LogP contribution in [-0.2, 0) is 14.8 Å². The van der Waals surface area contributed by atoms with E-state index in [9.17, 15) is 13.2 Å². The van der Waals surface area contributed by atoms with Crippen molar-refractivity contribution in [1.29, 1.82) is 0 Å². The second kappa shape index (κ2) is 8.50. The zero-order valence-electron chi connectivity index (χ0n) is 13.4. The van der Waals surface area contributed by atoms with Crippen LogP contribution in [0.1, 0.15) is 25.3 Å². The van der Waals surface area contributed by atoms with E-state index in [0.717, 1.165) is 11.0 Å². The van der Waals surface area contributed by atoms with Crippen molar-refractivity contribution in [2.24, 2.45) is 0 Å². The number of carbonyl (C=O) groups excluding carboxylic acids is 1. The van der Waals surface area contributed by atoms with Crippen molar-refractivity contribution in [2.75, 3.05) is 19.7 Å². The summed E-state index contributed by atoms with van der Waals surface area (Å²) in [4.78, 5) is 13.2. The molecule has 1 aromatic rings. The molecule has 0 aliphatic carbocycles. The Morgan fingerprint density at radius 1 is 1.33 bits per heavy atom. The summed E-state index contributed by atoms with van der Waals surface area (Å²) in [6.45, 7) is 3.05. The maximum Gasteiger partial charge on any atom is 0.409 e. The number of nitrogens with zero attached hydrogens (tertiary/aromatic N) is 1. The molecule has 6 nitrogen and oxygen atoms in total. The summed E-state index contributed by atoms with van der Waals surface area (Å²) in [6.07, 6.45) is 2.30. The van der Waals surface area contributed by atoms with E-state index in [1.165, 1.54) is 6.08 Å². The Bertz CT molecular complexity index is 681. The van der Waals surface area contributed by atoms with Gasteiger partial charge in [0.1, 0.15) is 0 Å². The maximum atomic E-state index is 12.1. The summed E-state index contributed by atoms with van der Waals surface area (Å²) in [5.74, 6) is 0. The predicted octanol–water partition coefficient (Wildman–Crippen LogP) is 2.85. The Hall–Kier alpha value is -1.57. The highest BCUT2D eigenvalue weighted by molar-refractivity contribution is 7.92. The minimum absolute atomic E-state index is 0.185. The Morgan fingerprint density at radius 2 is 1.96 bits per heavy atom. The van der Waals surface area contributed by atoms with Crippen molar-refractivity contribution in [2.45, 2.75) is 25.8 Å². The molecule has 0 aromatic heterocycles. The van der Waals surface area contributed by atoms with Gasteiger partial charge in [-0.3, -0.25) is 0 Å². The van der Waals surface area contributed by atoms with Gasteiger partial charge >= 0.3 is 6.09 Å². The van der Waals surface area contributed by atoms with Crippen LogP contribution in [-0.4, -0.2) is 45.1 Å². The molecule has 0 bridgehead atoms. The zero-order chi connectivity index (χ0) is 17.6. The fourth-order valence-corrected chi connectivity index (χ4v) is 3.65. The highest BCUT2D eigenvalue weighted by Crippen LogP contribution is 2.14. The van der Waals surface area contributed by atoms with Crippen molar-refractivity contribution >= 4 is 33.8 Å². The molecule has 1 saturated heterocycles. The van der Waals surface area contributed by atoms with Crippen LogP contribution < -0.4 is 4.72 Å². The molecule has 0 atom stereocenters. The first-order valence-corrected chi connectivity index (χ1v) is 9.70. The number of benzene rings is 1. The van der Waals surface area contributed by atoms with Gasteiger partial charge in [0.25, 0.3) is 0 Å². The molecule has 0 spiro atoms. The van der Waals surface area contributed by atoms with Gasteiger partial charge in [-0.2, -0.15) is 0 Å². The summed E-state index contributed by atoms with van der Waals surface area (Å²) in [5, 5.41) is 1.75. The van der Waals surface area contributed by atoms with Crippen LogP contribution in [0.4, 0.5) is 4.79 Å². The summed E-state index contributed by atoms with van der Waals surface area (Å²) >= 11 is 5.79. The third-order valence-corrected chi connectivity index (χ3v) is 5.07. The van der Waals surface area contributed by atoms with E-state index in [2.05, 4.69) is 4.72 Å². The number of hydrogen-bond donors (Lipinski definition) is 1. The van der Waals surface area contributed by atoms with Gasteiger partial charge in [0.05, 0.1) is 6.61 Å². The van der Waals surface area contributed by atoms with E-state index >= 15 is 0 Å². The van der Waals surface area contributed by atoms with Crippen molar-refractivity contribution in [3.05, 3.63) is 40.3 Å². The van der Waals surface area contributed by atoms with Crippen molar-refractivity contribution in [3.8, 4) is 0 Å². The lowest BCUT2D eigenvalue weighted by molar-refractivity contribution is 0.0966. The number of carbonyl (C=O) groups is 1. The Morgan fingerprint density at radius 3 is 2.54 bits per heavy atom. The lowest BCUT2D eigenvalue weighted by atomic mass is 10.1. The molecule has 1 N–H and O–H groups in total. The smallest absolute Gasteiger partial charge is 0.409 e. The van der Waals surface area contributed by atoms with Crippen LogP contribution in [0.25, 0.3) is 6.08 Å². The molecule has 24 heavy (non-hydrogen) atoms. The number of hydrogen-bond acceptors (Lipinski definition) is 4. The zero-order valence-corrected chi connectivity index (χ0v) is 15.0. The predicted molar refractivity (Wildman–Crippen MR) is 94.2 cm³/mol. The van der Waals surface area contributed by atoms with E-state index in [4.69, 9.17) is 16.3 Å². The van der Waals surface area contributed by atoms with Crippen LogP contribution in [0, 0.1) is 0 Å². The molecule has 8 heteroatoms. The number of halogens is 1. The molecular formula is C16H21ClN2O4S. The first kappa shape index (κ1) is 18.8. The van der Waals surface area contributed by atoms with Crippen molar-refractivity contribution in [1.82, 2.24) is 9.62 Å². The number of ether oxygens (including phenoxy) is 1. The first-order valence-electron chi connectivity index (χ1n) is 7.77. The molecule has 132 valence electrons. The average Bonchev–Trinajstić information content (AvgIpc) is 2.55. The molecule has 0 unspecified atom stereocenters. The van der Waals surface area contributed by atoms with Gasteiger partial charge in [0.15, 0.2) is 0 Å².